The third kappa shape index (κ3) is 2.74. The van der Waals surface area contributed by atoms with Gasteiger partial charge in [0.25, 0.3) is 0 Å². The van der Waals surface area contributed by atoms with Crippen molar-refractivity contribution in [3.05, 3.63) is 11.8 Å². The van der Waals surface area contributed by atoms with Gasteiger partial charge in [-0.05, 0) is 43.4 Å². The van der Waals surface area contributed by atoms with E-state index in [1.807, 2.05) is 0 Å². The minimum absolute atomic E-state index is 0.375. The summed E-state index contributed by atoms with van der Waals surface area (Å²) >= 11 is 4.15. The zero-order valence-electron chi connectivity index (χ0n) is 10.8. The number of nitrogens with zero attached hydrogens (tertiary/aromatic N) is 1. The molecule has 0 atom stereocenters. The van der Waals surface area contributed by atoms with Crippen LogP contribution < -0.4 is 5.32 Å². The second kappa shape index (κ2) is 5.07. The van der Waals surface area contributed by atoms with Gasteiger partial charge in [-0.3, -0.25) is 4.99 Å². The van der Waals surface area contributed by atoms with Gasteiger partial charge in [0.15, 0.2) is 0 Å². The van der Waals surface area contributed by atoms with Crippen molar-refractivity contribution < 1.29 is 26.3 Å². The van der Waals surface area contributed by atoms with Gasteiger partial charge >= 0.3 is 17.2 Å². The summed E-state index contributed by atoms with van der Waals surface area (Å²) in [7, 11) is 0. The van der Waals surface area contributed by atoms with Crippen molar-refractivity contribution in [2.75, 3.05) is 0 Å². The molecule has 21 heavy (non-hydrogen) atoms. The van der Waals surface area contributed by atoms with E-state index in [-0.39, 0.29) is 0 Å². The number of allylic oxidation sites excluding steroid dienone is 2. The van der Waals surface area contributed by atoms with E-state index in [9.17, 15) is 26.3 Å². The Bertz CT molecular complexity index is 463. The normalized spacial score (nSPS) is 22.9. The molecule has 2 nitrogen and oxygen atoms in total. The van der Waals surface area contributed by atoms with Crippen LogP contribution in [0.2, 0.25) is 0 Å². The Morgan fingerprint density at radius 3 is 2.14 bits per heavy atom. The van der Waals surface area contributed by atoms with Gasteiger partial charge in [0.2, 0.25) is 0 Å². The van der Waals surface area contributed by atoms with Crippen LogP contribution >= 0.6 is 11.6 Å². The lowest BCUT2D eigenvalue weighted by Gasteiger charge is -2.41. The van der Waals surface area contributed by atoms with Gasteiger partial charge in [0.05, 0.1) is 5.70 Å². The molecule has 9 heteroatoms. The molecule has 0 radical (unpaired) electrons. The smallest absolute Gasteiger partial charge is 0.360 e. The molecule has 120 valence electrons. The van der Waals surface area contributed by atoms with Crippen molar-refractivity contribution in [3.8, 4) is 0 Å². The highest BCUT2D eigenvalue weighted by Gasteiger charge is 2.73. The molecule has 1 aliphatic heterocycles. The van der Waals surface area contributed by atoms with E-state index in [4.69, 9.17) is 0 Å². The van der Waals surface area contributed by atoms with E-state index in [0.717, 1.165) is 12.6 Å². The first kappa shape index (κ1) is 16.5. The number of hydrogen-bond acceptors (Lipinski definition) is 2. The molecule has 0 saturated heterocycles. The molecule has 1 heterocycles. The van der Waals surface area contributed by atoms with Gasteiger partial charge in [0, 0.05) is 6.21 Å². The van der Waals surface area contributed by atoms with E-state index < -0.39 is 28.6 Å². The third-order valence-electron chi connectivity index (χ3n) is 3.70. The predicted molar refractivity (Wildman–Crippen MR) is 66.2 cm³/mol. The number of rotatable bonds is 3. The highest BCUT2D eigenvalue weighted by molar-refractivity contribution is 6.22. The van der Waals surface area contributed by atoms with Crippen LogP contribution in [0, 0.1) is 0 Å². The van der Waals surface area contributed by atoms with Crippen molar-refractivity contribution in [2.45, 2.75) is 55.0 Å². The van der Waals surface area contributed by atoms with E-state index in [1.165, 1.54) is 0 Å². The minimum Gasteiger partial charge on any atom is -0.360 e. The molecule has 1 saturated carbocycles. The largest absolute Gasteiger partial charge is 0.392 e. The summed E-state index contributed by atoms with van der Waals surface area (Å²) in [5.74, 6) is -10.9. The van der Waals surface area contributed by atoms with Crippen LogP contribution in [-0.2, 0) is 0 Å². The van der Waals surface area contributed by atoms with Crippen LogP contribution in [0.5, 0.6) is 0 Å². The number of nitrogens with one attached hydrogen (secondary N) is 1. The highest BCUT2D eigenvalue weighted by atomic mass is 35.5. The molecular weight excluding hydrogens is 322 g/mol. The quantitative estimate of drug-likeness (QED) is 0.604. The van der Waals surface area contributed by atoms with Crippen LogP contribution in [0.4, 0.5) is 26.3 Å². The summed E-state index contributed by atoms with van der Waals surface area (Å²) in [5.41, 5.74) is -2.41. The molecule has 2 rings (SSSR count). The van der Waals surface area contributed by atoms with E-state index >= 15 is 0 Å². The summed E-state index contributed by atoms with van der Waals surface area (Å²) in [6.45, 7) is 0. The average molecular weight is 335 g/mol. The van der Waals surface area contributed by atoms with E-state index in [1.54, 1.807) is 0 Å². The Kier molecular flexibility index (Phi) is 3.97. The standard InChI is InChI=1S/C12H13ClF6N2/c13-12(18,19)11(16,17)10(14,15)8-4-7-20-9(21-8)5-2-1-3-6-9/h4,7,21H,1-3,5-6H2. The van der Waals surface area contributed by atoms with Crippen LogP contribution in [0.25, 0.3) is 0 Å². The molecule has 0 aromatic heterocycles. The second-order valence-electron chi connectivity index (χ2n) is 5.22. The lowest BCUT2D eigenvalue weighted by molar-refractivity contribution is -0.266. The fourth-order valence-electron chi connectivity index (χ4n) is 2.50. The first-order valence-electron chi connectivity index (χ1n) is 6.38. The van der Waals surface area contributed by atoms with Crippen LogP contribution in [-0.4, -0.2) is 29.1 Å². The van der Waals surface area contributed by atoms with Crippen molar-refractivity contribution in [1.82, 2.24) is 5.32 Å². The summed E-state index contributed by atoms with van der Waals surface area (Å²) in [4.78, 5) is 4.02. The molecular formula is C12H13ClF6N2. The number of aliphatic imine (C=N–C) groups is 1. The monoisotopic (exact) mass is 334 g/mol. The Morgan fingerprint density at radius 2 is 1.62 bits per heavy atom. The number of halogens is 7. The van der Waals surface area contributed by atoms with Gasteiger partial charge in [-0.15, -0.1) is 0 Å². The van der Waals surface area contributed by atoms with E-state index in [2.05, 4.69) is 21.9 Å². The van der Waals surface area contributed by atoms with Gasteiger partial charge < -0.3 is 5.32 Å². The Hall–Kier alpha value is -0.920. The van der Waals surface area contributed by atoms with Crippen molar-refractivity contribution in [2.24, 2.45) is 4.99 Å². The summed E-state index contributed by atoms with van der Waals surface area (Å²) in [6.07, 6.45) is 4.53. The predicted octanol–water partition coefficient (Wildman–Crippen LogP) is 4.31. The molecule has 0 aromatic carbocycles. The van der Waals surface area contributed by atoms with Crippen LogP contribution in [0.1, 0.15) is 32.1 Å². The Balaban J connectivity index is 2.29. The second-order valence-corrected chi connectivity index (χ2v) is 5.70. The topological polar surface area (TPSA) is 24.4 Å². The van der Waals surface area contributed by atoms with Crippen molar-refractivity contribution >= 4 is 17.8 Å². The first-order chi connectivity index (χ1) is 9.52. The molecule has 0 bridgehead atoms. The first-order valence-corrected chi connectivity index (χ1v) is 6.76. The summed E-state index contributed by atoms with van der Waals surface area (Å²) in [5, 5.41) is -3.14. The molecule has 1 aliphatic carbocycles. The van der Waals surface area contributed by atoms with Crippen LogP contribution in [0.15, 0.2) is 16.8 Å². The Morgan fingerprint density at radius 1 is 1.05 bits per heavy atom. The molecule has 1 spiro atoms. The third-order valence-corrected chi connectivity index (χ3v) is 3.94. The zero-order valence-corrected chi connectivity index (χ0v) is 11.5. The Labute approximate surface area is 122 Å². The summed E-state index contributed by atoms with van der Waals surface area (Å²) in [6, 6.07) is 0. The molecule has 1 N–H and O–H groups in total. The maximum atomic E-state index is 13.8. The van der Waals surface area contributed by atoms with Gasteiger partial charge in [-0.1, -0.05) is 6.42 Å². The fourth-order valence-corrected chi connectivity index (χ4v) is 2.62. The lowest BCUT2D eigenvalue weighted by Crippen LogP contribution is -2.58. The SMILES string of the molecule is FC(F)(Cl)C(F)(F)C(F)(F)C1=CC=NC2(CCCCC2)N1. The maximum Gasteiger partial charge on any atom is 0.392 e. The lowest BCUT2D eigenvalue weighted by atomic mass is 9.87. The van der Waals surface area contributed by atoms with Crippen molar-refractivity contribution in [3.63, 3.8) is 0 Å². The number of hydrogen-bond donors (Lipinski definition) is 1. The molecule has 2 aliphatic rings. The van der Waals surface area contributed by atoms with Gasteiger partial charge in [0.1, 0.15) is 5.66 Å². The molecule has 0 unspecified atom stereocenters. The highest BCUT2D eigenvalue weighted by Crippen LogP contribution is 2.51. The zero-order chi connectivity index (χ0) is 15.9. The van der Waals surface area contributed by atoms with E-state index in [0.29, 0.717) is 31.8 Å². The summed E-state index contributed by atoms with van der Waals surface area (Å²) < 4.78 is 79.5. The molecule has 1 fully saturated rings. The molecule has 0 aromatic rings. The minimum atomic E-state index is -5.72. The molecule has 0 amide bonds. The fraction of sp³-hybridized carbons (Fsp3) is 0.750. The van der Waals surface area contributed by atoms with Crippen LogP contribution in [0.3, 0.4) is 0 Å². The number of alkyl halides is 7. The average Bonchev–Trinajstić information content (AvgIpc) is 2.38. The van der Waals surface area contributed by atoms with Gasteiger partial charge in [-0.2, -0.15) is 26.3 Å². The van der Waals surface area contributed by atoms with Crippen molar-refractivity contribution in [1.29, 1.82) is 0 Å². The van der Waals surface area contributed by atoms with Gasteiger partial charge in [-0.25, -0.2) is 0 Å². The maximum absolute atomic E-state index is 13.8.